The normalized spacial score (nSPS) is 24.5. The molecule has 1 aromatic rings. The fraction of sp³-hybridized carbons (Fsp3) is 0.667. The monoisotopic (exact) mass is 302 g/mol. The van der Waals surface area contributed by atoms with Crippen LogP contribution < -0.4 is 0 Å². The lowest BCUT2D eigenvalue weighted by Crippen LogP contribution is -2.40. The van der Waals surface area contributed by atoms with Crippen molar-refractivity contribution in [2.24, 2.45) is 0 Å². The Hall–Kier alpha value is -1.42. The molecule has 0 aromatic carbocycles. The van der Waals surface area contributed by atoms with Gasteiger partial charge in [0.05, 0.1) is 23.8 Å². The maximum absolute atomic E-state index is 12.7. The quantitative estimate of drug-likeness (QED) is 0.933. The predicted molar refractivity (Wildman–Crippen MR) is 85.3 cm³/mol. The molecule has 1 aromatic heterocycles. The maximum Gasteiger partial charge on any atom is 0.226 e. The molecular weight excluding hydrogens is 276 g/mol. The Morgan fingerprint density at radius 2 is 2.09 bits per heavy atom. The molecule has 1 unspecified atom stereocenters. The summed E-state index contributed by atoms with van der Waals surface area (Å²) in [4.78, 5) is 19.3. The highest BCUT2D eigenvalue weighted by Crippen LogP contribution is 2.35. The predicted octanol–water partition coefficient (Wildman–Crippen LogP) is 3.14. The summed E-state index contributed by atoms with van der Waals surface area (Å²) in [5.74, 6) is 0.0928. The molecule has 1 saturated carbocycles. The molecule has 2 aliphatic rings. The van der Waals surface area contributed by atoms with Crippen LogP contribution in [0.2, 0.25) is 0 Å². The minimum atomic E-state index is -0.775. The Labute approximate surface area is 132 Å². The Kier molecular flexibility index (Phi) is 4.48. The first kappa shape index (κ1) is 15.5. The lowest BCUT2D eigenvalue weighted by Gasteiger charge is -2.34. The Balaban J connectivity index is 1.71. The summed E-state index contributed by atoms with van der Waals surface area (Å²) in [7, 11) is 0. The minimum absolute atomic E-state index is 0.0830. The topological polar surface area (TPSA) is 53.4 Å². The van der Waals surface area contributed by atoms with E-state index < -0.39 is 5.60 Å². The zero-order valence-electron chi connectivity index (χ0n) is 13.4. The molecule has 22 heavy (non-hydrogen) atoms. The SMILES string of the molecule is Cc1cccc(C2CCCN2C(=O)CC2(O)CCCCC2)n1. The van der Waals surface area contributed by atoms with Gasteiger partial charge in [-0.2, -0.15) is 0 Å². The third-order valence-corrected chi connectivity index (χ3v) is 5.09. The van der Waals surface area contributed by atoms with Crippen molar-refractivity contribution in [3.05, 3.63) is 29.6 Å². The number of aromatic nitrogens is 1. The minimum Gasteiger partial charge on any atom is -0.389 e. The van der Waals surface area contributed by atoms with Crippen molar-refractivity contribution < 1.29 is 9.90 Å². The van der Waals surface area contributed by atoms with Gasteiger partial charge in [-0.1, -0.05) is 25.3 Å². The number of hydrogen-bond donors (Lipinski definition) is 1. The van der Waals surface area contributed by atoms with E-state index >= 15 is 0 Å². The number of aliphatic hydroxyl groups is 1. The van der Waals surface area contributed by atoms with E-state index in [0.29, 0.717) is 0 Å². The van der Waals surface area contributed by atoms with E-state index in [1.807, 2.05) is 30.0 Å². The molecule has 1 aliphatic carbocycles. The number of amides is 1. The fourth-order valence-corrected chi connectivity index (χ4v) is 3.89. The van der Waals surface area contributed by atoms with Crippen molar-refractivity contribution in [2.75, 3.05) is 6.54 Å². The van der Waals surface area contributed by atoms with Crippen LogP contribution in [0.25, 0.3) is 0 Å². The van der Waals surface area contributed by atoms with Crippen LogP contribution in [0.1, 0.15) is 68.8 Å². The van der Waals surface area contributed by atoms with Crippen LogP contribution >= 0.6 is 0 Å². The zero-order valence-corrected chi connectivity index (χ0v) is 13.4. The van der Waals surface area contributed by atoms with Crippen LogP contribution in [0.4, 0.5) is 0 Å². The number of rotatable bonds is 3. The molecule has 1 saturated heterocycles. The fourth-order valence-electron chi connectivity index (χ4n) is 3.89. The first-order valence-corrected chi connectivity index (χ1v) is 8.53. The van der Waals surface area contributed by atoms with Crippen molar-refractivity contribution in [3.8, 4) is 0 Å². The number of pyridine rings is 1. The van der Waals surface area contributed by atoms with Gasteiger partial charge in [-0.15, -0.1) is 0 Å². The van der Waals surface area contributed by atoms with Crippen molar-refractivity contribution in [3.63, 3.8) is 0 Å². The van der Waals surface area contributed by atoms with Gasteiger partial charge >= 0.3 is 0 Å². The average Bonchev–Trinajstić information content (AvgIpc) is 2.97. The van der Waals surface area contributed by atoms with Crippen LogP contribution in [0, 0.1) is 6.92 Å². The number of carbonyl (C=O) groups is 1. The number of hydrogen-bond acceptors (Lipinski definition) is 3. The second-order valence-electron chi connectivity index (χ2n) is 6.91. The van der Waals surface area contributed by atoms with Crippen LogP contribution in [0.5, 0.6) is 0 Å². The second-order valence-corrected chi connectivity index (χ2v) is 6.91. The summed E-state index contributed by atoms with van der Waals surface area (Å²) in [6.07, 6.45) is 7.04. The molecule has 3 rings (SSSR count). The Morgan fingerprint density at radius 3 is 2.82 bits per heavy atom. The molecular formula is C18H26N2O2. The number of carbonyl (C=O) groups excluding carboxylic acids is 1. The standard InChI is InChI=1S/C18H26N2O2/c1-14-7-5-8-15(19-14)16-9-6-12-20(16)17(21)13-18(22)10-3-2-4-11-18/h5,7-8,16,22H,2-4,6,9-13H2,1H3. The zero-order chi connectivity index (χ0) is 15.6. The van der Waals surface area contributed by atoms with Crippen molar-refractivity contribution in [1.29, 1.82) is 0 Å². The van der Waals surface area contributed by atoms with E-state index in [4.69, 9.17) is 0 Å². The average molecular weight is 302 g/mol. The largest absolute Gasteiger partial charge is 0.389 e. The van der Waals surface area contributed by atoms with E-state index in [1.165, 1.54) is 6.42 Å². The number of likely N-dealkylation sites (tertiary alicyclic amines) is 1. The molecule has 4 nitrogen and oxygen atoms in total. The van der Waals surface area contributed by atoms with Crippen LogP contribution in [-0.2, 0) is 4.79 Å². The molecule has 2 heterocycles. The highest BCUT2D eigenvalue weighted by molar-refractivity contribution is 5.78. The first-order chi connectivity index (χ1) is 10.6. The highest BCUT2D eigenvalue weighted by atomic mass is 16.3. The molecule has 1 aliphatic heterocycles. The summed E-state index contributed by atoms with van der Waals surface area (Å²) < 4.78 is 0. The maximum atomic E-state index is 12.7. The highest BCUT2D eigenvalue weighted by Gasteiger charge is 2.37. The van der Waals surface area contributed by atoms with E-state index in [-0.39, 0.29) is 18.4 Å². The Bertz CT molecular complexity index is 538. The van der Waals surface area contributed by atoms with Crippen molar-refractivity contribution in [1.82, 2.24) is 9.88 Å². The number of aryl methyl sites for hydroxylation is 1. The molecule has 4 heteroatoms. The summed E-state index contributed by atoms with van der Waals surface area (Å²) >= 11 is 0. The molecule has 1 N–H and O–H groups in total. The molecule has 0 bridgehead atoms. The van der Waals surface area contributed by atoms with Gasteiger partial charge in [0.15, 0.2) is 0 Å². The first-order valence-electron chi connectivity index (χ1n) is 8.53. The third-order valence-electron chi connectivity index (χ3n) is 5.09. The second kappa shape index (κ2) is 6.37. The summed E-state index contributed by atoms with van der Waals surface area (Å²) in [5.41, 5.74) is 1.20. The van der Waals surface area contributed by atoms with Gasteiger partial charge in [-0.25, -0.2) is 0 Å². The molecule has 0 radical (unpaired) electrons. The van der Waals surface area contributed by atoms with Gasteiger partial charge in [-0.3, -0.25) is 9.78 Å². The van der Waals surface area contributed by atoms with Crippen LogP contribution in [0.3, 0.4) is 0 Å². The van der Waals surface area contributed by atoms with Gasteiger partial charge in [0.1, 0.15) is 0 Å². The summed E-state index contributed by atoms with van der Waals surface area (Å²) in [6.45, 7) is 2.77. The van der Waals surface area contributed by atoms with Gasteiger partial charge in [-0.05, 0) is 44.7 Å². The molecule has 2 fully saturated rings. The summed E-state index contributed by atoms with van der Waals surface area (Å²) in [6, 6.07) is 6.08. The third kappa shape index (κ3) is 3.32. The molecule has 1 amide bonds. The van der Waals surface area contributed by atoms with Gasteiger partial charge < -0.3 is 10.0 Å². The van der Waals surface area contributed by atoms with Crippen LogP contribution in [0.15, 0.2) is 18.2 Å². The van der Waals surface area contributed by atoms with Gasteiger partial charge in [0.25, 0.3) is 0 Å². The van der Waals surface area contributed by atoms with Crippen molar-refractivity contribution >= 4 is 5.91 Å². The Morgan fingerprint density at radius 1 is 1.32 bits per heavy atom. The van der Waals surface area contributed by atoms with E-state index in [2.05, 4.69) is 4.98 Å². The molecule has 120 valence electrons. The van der Waals surface area contributed by atoms with E-state index in [0.717, 1.165) is 56.5 Å². The summed E-state index contributed by atoms with van der Waals surface area (Å²) in [5, 5.41) is 10.6. The number of nitrogens with zero attached hydrogens (tertiary/aromatic N) is 2. The van der Waals surface area contributed by atoms with E-state index in [9.17, 15) is 9.90 Å². The van der Waals surface area contributed by atoms with Gasteiger partial charge in [0.2, 0.25) is 5.91 Å². The lowest BCUT2D eigenvalue weighted by atomic mass is 9.82. The molecule has 1 atom stereocenters. The lowest BCUT2D eigenvalue weighted by molar-refractivity contribution is -0.138. The van der Waals surface area contributed by atoms with Crippen molar-refractivity contribution in [2.45, 2.75) is 69.9 Å². The van der Waals surface area contributed by atoms with Crippen LogP contribution in [-0.4, -0.2) is 33.0 Å². The smallest absolute Gasteiger partial charge is 0.226 e. The van der Waals surface area contributed by atoms with Gasteiger partial charge in [0, 0.05) is 12.2 Å². The molecule has 0 spiro atoms. The van der Waals surface area contributed by atoms with E-state index in [1.54, 1.807) is 0 Å².